The minimum absolute atomic E-state index is 0.138. The monoisotopic (exact) mass is 269 g/mol. The number of carbonyl (C=O) groups is 1. The van der Waals surface area contributed by atoms with Crippen molar-refractivity contribution in [3.8, 4) is 5.75 Å². The third-order valence-corrected chi connectivity index (χ3v) is 2.96. The van der Waals surface area contributed by atoms with Gasteiger partial charge in [0.25, 0.3) is 0 Å². The molecule has 0 aliphatic heterocycles. The minimum Gasteiger partial charge on any atom is -0.508 e. The van der Waals surface area contributed by atoms with E-state index >= 15 is 0 Å². The summed E-state index contributed by atoms with van der Waals surface area (Å²) in [5, 5.41) is 18.5. The zero-order chi connectivity index (χ0) is 14.5. The van der Waals surface area contributed by atoms with Gasteiger partial charge in [0.05, 0.1) is 5.57 Å². The Kier molecular flexibility index (Phi) is 4.05. The van der Waals surface area contributed by atoms with Crippen LogP contribution < -0.4 is 5.73 Å². The fraction of sp³-hybridized carbons (Fsp3) is 0.0625. The molecular weight excluding hydrogens is 254 g/mol. The minimum atomic E-state index is -1.01. The summed E-state index contributed by atoms with van der Waals surface area (Å²) in [7, 11) is 0. The number of hydrogen-bond donors (Lipinski definition) is 3. The highest BCUT2D eigenvalue weighted by molar-refractivity contribution is 5.94. The number of phenolic OH excluding ortho intramolecular Hbond substituents is 1. The topological polar surface area (TPSA) is 83.6 Å². The van der Waals surface area contributed by atoms with Gasteiger partial charge in [0, 0.05) is 5.70 Å². The van der Waals surface area contributed by atoms with Gasteiger partial charge in [0.15, 0.2) is 0 Å². The smallest absolute Gasteiger partial charge is 0.336 e. The Labute approximate surface area is 116 Å². The number of benzene rings is 1. The lowest BCUT2D eigenvalue weighted by Gasteiger charge is -2.08. The predicted octanol–water partition coefficient (Wildman–Crippen LogP) is 2.59. The van der Waals surface area contributed by atoms with Gasteiger partial charge in [-0.25, -0.2) is 4.79 Å². The van der Waals surface area contributed by atoms with Crippen molar-refractivity contribution in [2.45, 2.75) is 6.42 Å². The third kappa shape index (κ3) is 3.17. The molecule has 0 aromatic heterocycles. The molecule has 0 spiro atoms. The Balaban J connectivity index is 2.39. The molecule has 1 aliphatic carbocycles. The lowest BCUT2D eigenvalue weighted by Crippen LogP contribution is -2.06. The van der Waals surface area contributed by atoms with Crippen LogP contribution in [0, 0.1) is 0 Å². The second-order valence-corrected chi connectivity index (χ2v) is 4.38. The number of aliphatic carboxylic acids is 1. The van der Waals surface area contributed by atoms with Crippen LogP contribution in [-0.4, -0.2) is 16.2 Å². The van der Waals surface area contributed by atoms with E-state index in [1.807, 2.05) is 12.2 Å². The van der Waals surface area contributed by atoms with Crippen molar-refractivity contribution >= 4 is 11.7 Å². The molecule has 0 bridgehead atoms. The summed E-state index contributed by atoms with van der Waals surface area (Å²) in [5.74, 6) is -0.875. The average Bonchev–Trinajstić information content (AvgIpc) is 2.46. The lowest BCUT2D eigenvalue weighted by atomic mass is 9.99. The van der Waals surface area contributed by atoms with Crippen molar-refractivity contribution in [1.29, 1.82) is 0 Å². The summed E-state index contributed by atoms with van der Waals surface area (Å²) < 4.78 is 0. The van der Waals surface area contributed by atoms with Gasteiger partial charge in [-0.3, -0.25) is 0 Å². The molecule has 0 heterocycles. The fourth-order valence-corrected chi connectivity index (χ4v) is 1.90. The molecular formula is C16H15NO3. The summed E-state index contributed by atoms with van der Waals surface area (Å²) in [5.41, 5.74) is 7.83. The second kappa shape index (κ2) is 5.93. The molecule has 0 saturated carbocycles. The number of aromatic hydroxyl groups is 1. The van der Waals surface area contributed by atoms with Crippen molar-refractivity contribution in [1.82, 2.24) is 0 Å². The molecule has 0 amide bonds. The maximum atomic E-state index is 11.4. The maximum absolute atomic E-state index is 11.4. The zero-order valence-corrected chi connectivity index (χ0v) is 10.8. The first-order valence-corrected chi connectivity index (χ1v) is 6.14. The van der Waals surface area contributed by atoms with E-state index in [0.29, 0.717) is 23.3 Å². The van der Waals surface area contributed by atoms with Gasteiger partial charge >= 0.3 is 5.97 Å². The largest absolute Gasteiger partial charge is 0.508 e. The molecule has 0 fully saturated rings. The molecule has 102 valence electrons. The number of allylic oxidation sites excluding steroid dienone is 5. The lowest BCUT2D eigenvalue weighted by molar-refractivity contribution is -0.132. The second-order valence-electron chi connectivity index (χ2n) is 4.38. The van der Waals surface area contributed by atoms with Gasteiger partial charge < -0.3 is 15.9 Å². The molecule has 1 aliphatic rings. The van der Waals surface area contributed by atoms with Crippen LogP contribution in [0.3, 0.4) is 0 Å². The van der Waals surface area contributed by atoms with Crippen LogP contribution in [0.2, 0.25) is 0 Å². The van der Waals surface area contributed by atoms with E-state index in [2.05, 4.69) is 0 Å². The number of phenols is 1. The van der Waals surface area contributed by atoms with Gasteiger partial charge in [-0.2, -0.15) is 0 Å². The van der Waals surface area contributed by atoms with E-state index < -0.39 is 5.97 Å². The van der Waals surface area contributed by atoms with Gasteiger partial charge in [-0.1, -0.05) is 24.3 Å². The van der Waals surface area contributed by atoms with Crippen molar-refractivity contribution in [3.05, 3.63) is 71.4 Å². The molecule has 1 aromatic carbocycles. The Hall–Kier alpha value is -2.75. The van der Waals surface area contributed by atoms with Gasteiger partial charge in [0.1, 0.15) is 5.75 Å². The van der Waals surface area contributed by atoms with Crippen molar-refractivity contribution in [2.24, 2.45) is 5.73 Å². The fourth-order valence-electron chi connectivity index (χ4n) is 1.90. The summed E-state index contributed by atoms with van der Waals surface area (Å²) >= 11 is 0. The number of rotatable bonds is 3. The molecule has 4 nitrogen and oxygen atoms in total. The Morgan fingerprint density at radius 1 is 1.20 bits per heavy atom. The predicted molar refractivity (Wildman–Crippen MR) is 77.8 cm³/mol. The normalized spacial score (nSPS) is 17.1. The van der Waals surface area contributed by atoms with Gasteiger partial charge in [-0.05, 0) is 47.9 Å². The number of nitrogens with two attached hydrogens (primary N) is 1. The van der Waals surface area contributed by atoms with Crippen LogP contribution in [0.15, 0.2) is 65.8 Å². The third-order valence-electron chi connectivity index (χ3n) is 2.96. The van der Waals surface area contributed by atoms with E-state index in [1.165, 1.54) is 18.2 Å². The number of carboxylic acid groups (broad SMARTS) is 1. The molecule has 20 heavy (non-hydrogen) atoms. The Bertz CT molecular complexity index is 634. The van der Waals surface area contributed by atoms with E-state index in [1.54, 1.807) is 24.3 Å². The molecule has 0 radical (unpaired) electrons. The summed E-state index contributed by atoms with van der Waals surface area (Å²) in [4.78, 5) is 11.4. The van der Waals surface area contributed by atoms with E-state index in [0.717, 1.165) is 0 Å². The SMILES string of the molecule is N/C(=C\C(C(=O)O)=C1\C=CC=CC1)c1ccc(O)cc1. The molecule has 0 atom stereocenters. The highest BCUT2D eigenvalue weighted by atomic mass is 16.4. The first-order valence-electron chi connectivity index (χ1n) is 6.14. The van der Waals surface area contributed by atoms with Crippen LogP contribution in [0.4, 0.5) is 0 Å². The van der Waals surface area contributed by atoms with Crippen molar-refractivity contribution in [2.75, 3.05) is 0 Å². The molecule has 4 N–H and O–H groups in total. The molecule has 4 heteroatoms. The first-order chi connectivity index (χ1) is 9.58. The van der Waals surface area contributed by atoms with Crippen molar-refractivity contribution < 1.29 is 15.0 Å². The van der Waals surface area contributed by atoms with E-state index in [9.17, 15) is 15.0 Å². The van der Waals surface area contributed by atoms with Crippen LogP contribution in [0.25, 0.3) is 5.70 Å². The molecule has 1 aromatic rings. The molecule has 2 rings (SSSR count). The van der Waals surface area contributed by atoms with Crippen LogP contribution >= 0.6 is 0 Å². The maximum Gasteiger partial charge on any atom is 0.336 e. The molecule has 0 unspecified atom stereocenters. The standard InChI is InChI=1S/C16H15NO3/c17-15(12-6-8-13(18)9-7-12)10-14(16(19)20)11-4-2-1-3-5-11/h1-4,6-10,18H,5,17H2,(H,19,20)/b14-11+,15-10-. The summed E-state index contributed by atoms with van der Waals surface area (Å²) in [6.07, 6.45) is 9.35. The highest BCUT2D eigenvalue weighted by Crippen LogP contribution is 2.21. The summed E-state index contributed by atoms with van der Waals surface area (Å²) in [6.45, 7) is 0. The van der Waals surface area contributed by atoms with Crippen LogP contribution in [-0.2, 0) is 4.79 Å². The average molecular weight is 269 g/mol. The molecule has 0 saturated heterocycles. The van der Waals surface area contributed by atoms with Gasteiger partial charge in [0.2, 0.25) is 0 Å². The van der Waals surface area contributed by atoms with Crippen molar-refractivity contribution in [3.63, 3.8) is 0 Å². The number of carboxylic acids is 1. The van der Waals surface area contributed by atoms with Crippen LogP contribution in [0.1, 0.15) is 12.0 Å². The number of hydrogen-bond acceptors (Lipinski definition) is 3. The quantitative estimate of drug-likeness (QED) is 0.736. The van der Waals surface area contributed by atoms with E-state index in [4.69, 9.17) is 5.73 Å². The van der Waals surface area contributed by atoms with Crippen LogP contribution in [0.5, 0.6) is 5.75 Å². The Morgan fingerprint density at radius 2 is 1.90 bits per heavy atom. The zero-order valence-electron chi connectivity index (χ0n) is 10.8. The Morgan fingerprint density at radius 3 is 2.45 bits per heavy atom. The van der Waals surface area contributed by atoms with E-state index in [-0.39, 0.29) is 11.3 Å². The summed E-state index contributed by atoms with van der Waals surface area (Å²) in [6, 6.07) is 6.30. The van der Waals surface area contributed by atoms with Gasteiger partial charge in [-0.15, -0.1) is 0 Å². The highest BCUT2D eigenvalue weighted by Gasteiger charge is 2.11. The first kappa shape index (κ1) is 13.7.